The molecule has 0 aliphatic carbocycles. The standard InChI is InChI=1S/C13H15BrN2O/c1-15-7-12-10-3-2-4-11(14)9(10)5-6-16(12)13(17)8-15/h2-4,12H,5-8H2,1H3. The maximum Gasteiger partial charge on any atom is 0.237 e. The van der Waals surface area contributed by atoms with E-state index in [1.807, 2.05) is 11.9 Å². The third kappa shape index (κ3) is 1.79. The highest BCUT2D eigenvalue weighted by Crippen LogP contribution is 2.35. The molecule has 2 aliphatic heterocycles. The molecule has 1 saturated heterocycles. The molecule has 1 atom stereocenters. The van der Waals surface area contributed by atoms with Crippen LogP contribution >= 0.6 is 15.9 Å². The van der Waals surface area contributed by atoms with Crippen molar-refractivity contribution in [2.24, 2.45) is 0 Å². The molecule has 3 rings (SSSR count). The van der Waals surface area contributed by atoms with Crippen molar-refractivity contribution < 1.29 is 4.79 Å². The van der Waals surface area contributed by atoms with Crippen LogP contribution in [0.1, 0.15) is 17.2 Å². The minimum Gasteiger partial charge on any atom is -0.333 e. The Morgan fingerprint density at radius 3 is 3.06 bits per heavy atom. The van der Waals surface area contributed by atoms with Crippen LogP contribution in [-0.2, 0) is 11.2 Å². The molecule has 2 heterocycles. The topological polar surface area (TPSA) is 23.6 Å². The second-order valence-corrected chi connectivity index (χ2v) is 5.71. The number of hydrogen-bond acceptors (Lipinski definition) is 2. The number of nitrogens with zero attached hydrogens (tertiary/aromatic N) is 2. The van der Waals surface area contributed by atoms with Crippen molar-refractivity contribution in [3.63, 3.8) is 0 Å². The van der Waals surface area contributed by atoms with E-state index in [4.69, 9.17) is 0 Å². The molecular formula is C13H15BrN2O. The number of hydrogen-bond donors (Lipinski definition) is 0. The number of rotatable bonds is 0. The van der Waals surface area contributed by atoms with Crippen molar-refractivity contribution in [1.82, 2.24) is 9.80 Å². The Kier molecular flexibility index (Phi) is 2.71. The number of carbonyl (C=O) groups excluding carboxylic acids is 1. The minimum absolute atomic E-state index is 0.238. The van der Waals surface area contributed by atoms with Crippen LogP contribution in [0, 0.1) is 0 Å². The van der Waals surface area contributed by atoms with Gasteiger partial charge in [-0.3, -0.25) is 9.69 Å². The zero-order chi connectivity index (χ0) is 12.0. The molecule has 0 saturated carbocycles. The lowest BCUT2D eigenvalue weighted by Crippen LogP contribution is -2.53. The van der Waals surface area contributed by atoms with Gasteiger partial charge in [0.15, 0.2) is 0 Å². The van der Waals surface area contributed by atoms with Crippen LogP contribution in [0.15, 0.2) is 22.7 Å². The minimum atomic E-state index is 0.238. The van der Waals surface area contributed by atoms with Gasteiger partial charge in [0.25, 0.3) is 0 Å². The fourth-order valence-electron chi connectivity index (χ4n) is 2.88. The van der Waals surface area contributed by atoms with Crippen molar-refractivity contribution >= 4 is 21.8 Å². The van der Waals surface area contributed by atoms with Crippen LogP contribution in [0.4, 0.5) is 0 Å². The third-order valence-corrected chi connectivity index (χ3v) is 4.45. The summed E-state index contributed by atoms with van der Waals surface area (Å²) in [5, 5.41) is 0. The summed E-state index contributed by atoms with van der Waals surface area (Å²) in [6, 6.07) is 6.54. The Labute approximate surface area is 110 Å². The quantitative estimate of drug-likeness (QED) is 0.729. The Morgan fingerprint density at radius 1 is 1.41 bits per heavy atom. The average Bonchev–Trinajstić information content (AvgIpc) is 2.29. The summed E-state index contributed by atoms with van der Waals surface area (Å²) in [6.45, 7) is 2.35. The van der Waals surface area contributed by atoms with Gasteiger partial charge in [0.1, 0.15) is 0 Å². The van der Waals surface area contributed by atoms with Crippen molar-refractivity contribution in [1.29, 1.82) is 0 Å². The number of halogens is 1. The highest BCUT2D eigenvalue weighted by atomic mass is 79.9. The summed E-state index contributed by atoms with van der Waals surface area (Å²) in [5.74, 6) is 0.259. The molecular weight excluding hydrogens is 280 g/mol. The van der Waals surface area contributed by atoms with Gasteiger partial charge in [0.2, 0.25) is 5.91 Å². The van der Waals surface area contributed by atoms with E-state index in [1.165, 1.54) is 15.6 Å². The Bertz CT molecular complexity index is 474. The summed E-state index contributed by atoms with van der Waals surface area (Å²) >= 11 is 3.61. The molecule has 0 bridgehead atoms. The average molecular weight is 295 g/mol. The molecule has 2 aliphatic rings. The molecule has 90 valence electrons. The van der Waals surface area contributed by atoms with E-state index in [-0.39, 0.29) is 11.9 Å². The Morgan fingerprint density at radius 2 is 2.24 bits per heavy atom. The van der Waals surface area contributed by atoms with Crippen LogP contribution in [0.5, 0.6) is 0 Å². The first-order valence-electron chi connectivity index (χ1n) is 5.92. The highest BCUT2D eigenvalue weighted by molar-refractivity contribution is 9.10. The molecule has 4 heteroatoms. The molecule has 0 N–H and O–H groups in total. The number of piperazine rings is 1. The molecule has 1 fully saturated rings. The molecule has 1 unspecified atom stereocenters. The van der Waals surface area contributed by atoms with E-state index in [2.05, 4.69) is 39.0 Å². The van der Waals surface area contributed by atoms with Gasteiger partial charge in [-0.15, -0.1) is 0 Å². The van der Waals surface area contributed by atoms with E-state index in [0.29, 0.717) is 6.54 Å². The largest absolute Gasteiger partial charge is 0.333 e. The number of carbonyl (C=O) groups is 1. The lowest BCUT2D eigenvalue weighted by atomic mass is 9.91. The summed E-state index contributed by atoms with van der Waals surface area (Å²) < 4.78 is 1.18. The summed E-state index contributed by atoms with van der Waals surface area (Å²) in [5.41, 5.74) is 2.68. The molecule has 0 radical (unpaired) electrons. The van der Waals surface area contributed by atoms with Crippen LogP contribution < -0.4 is 0 Å². The van der Waals surface area contributed by atoms with Crippen molar-refractivity contribution in [3.05, 3.63) is 33.8 Å². The van der Waals surface area contributed by atoms with E-state index in [1.54, 1.807) is 0 Å². The second kappa shape index (κ2) is 4.10. The molecule has 0 spiro atoms. The third-order valence-electron chi connectivity index (χ3n) is 3.70. The van der Waals surface area contributed by atoms with Crippen LogP contribution in [0.2, 0.25) is 0 Å². The van der Waals surface area contributed by atoms with E-state index in [0.717, 1.165) is 19.5 Å². The van der Waals surface area contributed by atoms with Crippen molar-refractivity contribution in [3.8, 4) is 0 Å². The van der Waals surface area contributed by atoms with Crippen molar-refractivity contribution in [2.75, 3.05) is 26.7 Å². The maximum atomic E-state index is 12.0. The SMILES string of the molecule is CN1CC(=O)N2CCc3c(Br)cccc3C2C1. The van der Waals surface area contributed by atoms with E-state index < -0.39 is 0 Å². The number of fused-ring (bicyclic) bond motifs is 3. The first kappa shape index (κ1) is 11.2. The number of benzene rings is 1. The van der Waals surface area contributed by atoms with Crippen LogP contribution in [0.3, 0.4) is 0 Å². The van der Waals surface area contributed by atoms with E-state index in [9.17, 15) is 4.79 Å². The van der Waals surface area contributed by atoms with Gasteiger partial charge < -0.3 is 4.90 Å². The predicted molar refractivity (Wildman–Crippen MR) is 69.8 cm³/mol. The first-order chi connectivity index (χ1) is 8.16. The first-order valence-corrected chi connectivity index (χ1v) is 6.71. The predicted octanol–water partition coefficient (Wildman–Crippen LogP) is 1.82. The highest BCUT2D eigenvalue weighted by Gasteiger charge is 2.35. The van der Waals surface area contributed by atoms with Crippen LogP contribution in [0.25, 0.3) is 0 Å². The maximum absolute atomic E-state index is 12.0. The fraction of sp³-hybridized carbons (Fsp3) is 0.462. The van der Waals surface area contributed by atoms with Gasteiger partial charge in [-0.05, 0) is 30.7 Å². The van der Waals surface area contributed by atoms with Gasteiger partial charge in [0, 0.05) is 17.6 Å². The summed E-state index contributed by atoms with van der Waals surface area (Å²) in [4.78, 5) is 16.2. The monoisotopic (exact) mass is 294 g/mol. The van der Waals surface area contributed by atoms with Gasteiger partial charge in [0.05, 0.1) is 12.6 Å². The zero-order valence-corrected chi connectivity index (χ0v) is 11.4. The molecule has 1 aromatic rings. The van der Waals surface area contributed by atoms with Crippen LogP contribution in [-0.4, -0.2) is 42.4 Å². The lowest BCUT2D eigenvalue weighted by molar-refractivity contribution is -0.139. The fourth-order valence-corrected chi connectivity index (χ4v) is 3.46. The normalized spacial score (nSPS) is 24.5. The van der Waals surface area contributed by atoms with E-state index >= 15 is 0 Å². The molecule has 0 aromatic heterocycles. The lowest BCUT2D eigenvalue weighted by Gasteiger charge is -2.43. The second-order valence-electron chi connectivity index (χ2n) is 4.86. The molecule has 3 nitrogen and oxygen atoms in total. The molecule has 1 amide bonds. The Hall–Kier alpha value is -0.870. The van der Waals surface area contributed by atoms with Crippen molar-refractivity contribution in [2.45, 2.75) is 12.5 Å². The molecule has 17 heavy (non-hydrogen) atoms. The van der Waals surface area contributed by atoms with Gasteiger partial charge in [-0.2, -0.15) is 0 Å². The summed E-state index contributed by atoms with van der Waals surface area (Å²) in [6.07, 6.45) is 0.961. The number of amides is 1. The van der Waals surface area contributed by atoms with Gasteiger partial charge in [-0.1, -0.05) is 28.1 Å². The Balaban J connectivity index is 2.05. The van der Waals surface area contributed by atoms with Gasteiger partial charge in [-0.25, -0.2) is 0 Å². The smallest absolute Gasteiger partial charge is 0.237 e. The van der Waals surface area contributed by atoms with Gasteiger partial charge >= 0.3 is 0 Å². The zero-order valence-electron chi connectivity index (χ0n) is 9.82. The summed E-state index contributed by atoms with van der Waals surface area (Å²) in [7, 11) is 2.02. The molecule has 1 aromatic carbocycles. The number of likely N-dealkylation sites (N-methyl/N-ethyl adjacent to an activating group) is 1.